The van der Waals surface area contributed by atoms with E-state index in [1.165, 1.54) is 12.1 Å². The summed E-state index contributed by atoms with van der Waals surface area (Å²) < 4.78 is 15.2. The van der Waals surface area contributed by atoms with Gasteiger partial charge in [-0.15, -0.1) is 0 Å². The SMILES string of the molecule is CC(C)(C)CNc1nc2cc(F)ccc2n1CCN. The zero-order valence-corrected chi connectivity index (χ0v) is 11.7. The number of benzene rings is 1. The van der Waals surface area contributed by atoms with Crippen LogP contribution in [-0.2, 0) is 6.54 Å². The van der Waals surface area contributed by atoms with Gasteiger partial charge in [-0.05, 0) is 17.5 Å². The van der Waals surface area contributed by atoms with Gasteiger partial charge in [0.15, 0.2) is 0 Å². The Balaban J connectivity index is 2.38. The number of nitrogens with zero attached hydrogens (tertiary/aromatic N) is 2. The Morgan fingerprint density at radius 2 is 2.11 bits per heavy atom. The van der Waals surface area contributed by atoms with Crippen LogP contribution in [0, 0.1) is 11.2 Å². The lowest BCUT2D eigenvalue weighted by molar-refractivity contribution is 0.441. The van der Waals surface area contributed by atoms with Crippen LogP contribution in [-0.4, -0.2) is 22.6 Å². The largest absolute Gasteiger partial charge is 0.355 e. The molecular weight excluding hydrogens is 243 g/mol. The quantitative estimate of drug-likeness (QED) is 0.892. The molecule has 1 aromatic heterocycles. The van der Waals surface area contributed by atoms with E-state index in [2.05, 4.69) is 31.1 Å². The van der Waals surface area contributed by atoms with Gasteiger partial charge in [-0.25, -0.2) is 9.37 Å². The Labute approximate surface area is 112 Å². The van der Waals surface area contributed by atoms with E-state index in [1.54, 1.807) is 6.07 Å². The van der Waals surface area contributed by atoms with E-state index in [9.17, 15) is 4.39 Å². The van der Waals surface area contributed by atoms with Crippen LogP contribution in [0.3, 0.4) is 0 Å². The fraction of sp³-hybridized carbons (Fsp3) is 0.500. The van der Waals surface area contributed by atoms with Crippen LogP contribution >= 0.6 is 0 Å². The number of nitrogens with one attached hydrogen (secondary N) is 1. The lowest BCUT2D eigenvalue weighted by Gasteiger charge is -2.19. The molecule has 0 fully saturated rings. The third-order valence-corrected chi connectivity index (χ3v) is 2.84. The molecule has 0 aliphatic rings. The minimum Gasteiger partial charge on any atom is -0.355 e. The number of fused-ring (bicyclic) bond motifs is 1. The molecule has 0 radical (unpaired) electrons. The lowest BCUT2D eigenvalue weighted by Crippen LogP contribution is -2.22. The van der Waals surface area contributed by atoms with E-state index < -0.39 is 0 Å². The minimum atomic E-state index is -0.271. The van der Waals surface area contributed by atoms with E-state index in [1.807, 2.05) is 4.57 Å². The van der Waals surface area contributed by atoms with Gasteiger partial charge in [0.1, 0.15) is 5.82 Å². The van der Waals surface area contributed by atoms with E-state index in [-0.39, 0.29) is 11.2 Å². The first-order valence-electron chi connectivity index (χ1n) is 6.50. The van der Waals surface area contributed by atoms with Crippen LogP contribution in [0.1, 0.15) is 20.8 Å². The zero-order chi connectivity index (χ0) is 14.0. The molecule has 1 aromatic carbocycles. The maximum absolute atomic E-state index is 13.2. The van der Waals surface area contributed by atoms with Crippen molar-refractivity contribution in [3.8, 4) is 0 Å². The molecule has 0 saturated heterocycles. The average Bonchev–Trinajstić information content (AvgIpc) is 2.64. The summed E-state index contributed by atoms with van der Waals surface area (Å²) in [7, 11) is 0. The molecule has 0 saturated carbocycles. The molecule has 4 nitrogen and oxygen atoms in total. The molecule has 0 bridgehead atoms. The number of nitrogens with two attached hydrogens (primary N) is 1. The van der Waals surface area contributed by atoms with Gasteiger partial charge in [0.25, 0.3) is 0 Å². The topological polar surface area (TPSA) is 55.9 Å². The first-order valence-corrected chi connectivity index (χ1v) is 6.50. The molecule has 19 heavy (non-hydrogen) atoms. The molecule has 0 aliphatic heterocycles. The lowest BCUT2D eigenvalue weighted by atomic mass is 9.97. The summed E-state index contributed by atoms with van der Waals surface area (Å²) in [5.74, 6) is 0.480. The molecule has 2 aromatic rings. The number of rotatable bonds is 4. The van der Waals surface area contributed by atoms with E-state index in [0.29, 0.717) is 18.6 Å². The standard InChI is InChI=1S/C14H21FN4/c1-14(2,3)9-17-13-18-11-8-10(15)4-5-12(11)19(13)7-6-16/h4-5,8H,6-7,9,16H2,1-3H3,(H,17,18). The van der Waals surface area contributed by atoms with Gasteiger partial charge < -0.3 is 15.6 Å². The van der Waals surface area contributed by atoms with Gasteiger partial charge in [-0.2, -0.15) is 0 Å². The van der Waals surface area contributed by atoms with Crippen molar-refractivity contribution in [2.24, 2.45) is 11.1 Å². The predicted octanol–water partition coefficient (Wildman–Crippen LogP) is 2.59. The second-order valence-corrected chi connectivity index (χ2v) is 5.92. The molecule has 0 amide bonds. The van der Waals surface area contributed by atoms with E-state index >= 15 is 0 Å². The Kier molecular flexibility index (Phi) is 3.75. The number of aromatic nitrogens is 2. The van der Waals surface area contributed by atoms with Crippen molar-refractivity contribution in [2.75, 3.05) is 18.4 Å². The molecule has 104 valence electrons. The highest BCUT2D eigenvalue weighted by molar-refractivity contribution is 5.78. The van der Waals surface area contributed by atoms with Crippen molar-refractivity contribution in [3.63, 3.8) is 0 Å². The fourth-order valence-electron chi connectivity index (χ4n) is 1.94. The molecule has 5 heteroatoms. The predicted molar refractivity (Wildman–Crippen MR) is 76.7 cm³/mol. The molecule has 0 aliphatic carbocycles. The van der Waals surface area contributed by atoms with Crippen molar-refractivity contribution in [2.45, 2.75) is 27.3 Å². The van der Waals surface area contributed by atoms with Gasteiger partial charge in [0.05, 0.1) is 11.0 Å². The number of anilines is 1. The minimum absolute atomic E-state index is 0.150. The summed E-state index contributed by atoms with van der Waals surface area (Å²) >= 11 is 0. The van der Waals surface area contributed by atoms with Crippen molar-refractivity contribution < 1.29 is 4.39 Å². The Morgan fingerprint density at radius 1 is 1.37 bits per heavy atom. The van der Waals surface area contributed by atoms with Crippen LogP contribution in [0.2, 0.25) is 0 Å². The maximum atomic E-state index is 13.2. The van der Waals surface area contributed by atoms with Gasteiger partial charge in [-0.3, -0.25) is 0 Å². The van der Waals surface area contributed by atoms with Crippen LogP contribution in [0.5, 0.6) is 0 Å². The third-order valence-electron chi connectivity index (χ3n) is 2.84. The molecule has 0 atom stereocenters. The summed E-state index contributed by atoms with van der Waals surface area (Å²) in [6.07, 6.45) is 0. The van der Waals surface area contributed by atoms with Gasteiger partial charge in [0, 0.05) is 25.7 Å². The van der Waals surface area contributed by atoms with Crippen LogP contribution < -0.4 is 11.1 Å². The van der Waals surface area contributed by atoms with Crippen molar-refractivity contribution in [1.82, 2.24) is 9.55 Å². The molecule has 1 heterocycles. The summed E-state index contributed by atoms with van der Waals surface area (Å²) in [5, 5.41) is 3.32. The zero-order valence-electron chi connectivity index (χ0n) is 11.7. The Hall–Kier alpha value is -1.62. The molecular formula is C14H21FN4. The Morgan fingerprint density at radius 3 is 2.74 bits per heavy atom. The fourth-order valence-corrected chi connectivity index (χ4v) is 1.94. The van der Waals surface area contributed by atoms with Crippen LogP contribution in [0.4, 0.5) is 10.3 Å². The van der Waals surface area contributed by atoms with Gasteiger partial charge in [0.2, 0.25) is 5.95 Å². The van der Waals surface area contributed by atoms with E-state index in [0.717, 1.165) is 18.0 Å². The average molecular weight is 264 g/mol. The summed E-state index contributed by atoms with van der Waals surface area (Å²) in [5.41, 5.74) is 7.35. The highest BCUT2D eigenvalue weighted by atomic mass is 19.1. The smallest absolute Gasteiger partial charge is 0.203 e. The second-order valence-electron chi connectivity index (χ2n) is 5.92. The third kappa shape index (κ3) is 3.23. The molecule has 3 N–H and O–H groups in total. The molecule has 2 rings (SSSR count). The molecule has 0 spiro atoms. The number of imidazole rings is 1. The van der Waals surface area contributed by atoms with Gasteiger partial charge >= 0.3 is 0 Å². The van der Waals surface area contributed by atoms with E-state index in [4.69, 9.17) is 5.73 Å². The highest BCUT2D eigenvalue weighted by Crippen LogP contribution is 2.22. The maximum Gasteiger partial charge on any atom is 0.203 e. The van der Waals surface area contributed by atoms with Crippen LogP contribution in [0.25, 0.3) is 11.0 Å². The highest BCUT2D eigenvalue weighted by Gasteiger charge is 2.14. The van der Waals surface area contributed by atoms with Crippen LogP contribution in [0.15, 0.2) is 18.2 Å². The monoisotopic (exact) mass is 264 g/mol. The summed E-state index contributed by atoms with van der Waals surface area (Å²) in [6, 6.07) is 4.64. The van der Waals surface area contributed by atoms with Crippen molar-refractivity contribution >= 4 is 17.0 Å². The number of halogens is 1. The van der Waals surface area contributed by atoms with Crippen molar-refractivity contribution in [3.05, 3.63) is 24.0 Å². The second kappa shape index (κ2) is 5.17. The summed E-state index contributed by atoms with van der Waals surface area (Å²) in [6.45, 7) is 8.42. The first kappa shape index (κ1) is 13.8. The number of hydrogen-bond acceptors (Lipinski definition) is 3. The first-order chi connectivity index (χ1) is 8.90. The normalized spacial score (nSPS) is 12.1. The number of hydrogen-bond donors (Lipinski definition) is 2. The summed E-state index contributed by atoms with van der Waals surface area (Å²) in [4.78, 5) is 4.45. The Bertz CT molecular complexity index is 569. The van der Waals surface area contributed by atoms with Gasteiger partial charge in [-0.1, -0.05) is 20.8 Å². The van der Waals surface area contributed by atoms with Crippen molar-refractivity contribution in [1.29, 1.82) is 0 Å². The molecule has 0 unspecified atom stereocenters.